The van der Waals surface area contributed by atoms with E-state index in [1.807, 2.05) is 13.8 Å². The molecule has 1 N–H and O–H groups in total. The van der Waals surface area contributed by atoms with Crippen molar-refractivity contribution in [2.45, 2.75) is 33.1 Å². The van der Waals surface area contributed by atoms with Gasteiger partial charge in [-0.05, 0) is 18.8 Å². The zero-order valence-electron chi connectivity index (χ0n) is 9.41. The topological polar surface area (TPSA) is 55.4 Å². The van der Waals surface area contributed by atoms with Crippen LogP contribution >= 0.6 is 0 Å². The first-order chi connectivity index (χ1) is 7.15. The van der Waals surface area contributed by atoms with Crippen LogP contribution in [0.3, 0.4) is 0 Å². The summed E-state index contributed by atoms with van der Waals surface area (Å²) < 4.78 is 4.91. The molecule has 1 amide bonds. The second-order valence-electron chi connectivity index (χ2n) is 4.11. The van der Waals surface area contributed by atoms with Gasteiger partial charge in [-0.25, -0.2) is 0 Å². The number of carbonyl (C=O) groups excluding carboxylic acids is 2. The van der Waals surface area contributed by atoms with Crippen LogP contribution in [0.2, 0.25) is 0 Å². The van der Waals surface area contributed by atoms with Crippen LogP contribution in [0.15, 0.2) is 0 Å². The first-order valence-corrected chi connectivity index (χ1v) is 5.58. The molecule has 0 aromatic rings. The molecule has 2 atom stereocenters. The van der Waals surface area contributed by atoms with Crippen molar-refractivity contribution in [2.24, 2.45) is 11.8 Å². The molecule has 1 aliphatic carbocycles. The Morgan fingerprint density at radius 2 is 2.13 bits per heavy atom. The molecule has 4 heteroatoms. The molecule has 0 saturated heterocycles. The van der Waals surface area contributed by atoms with E-state index >= 15 is 0 Å². The lowest BCUT2D eigenvalue weighted by atomic mass is 10.3. The fraction of sp³-hybridized carbons (Fsp3) is 0.818. The standard InChI is InChI=1S/C11H19NO3/c1-3-4-5-15-10(13)7-12-11(14)9-6-8(9)2/h8-9H,3-7H2,1-2H3,(H,12,14)/t8-,9+/m1/s1. The van der Waals surface area contributed by atoms with Crippen molar-refractivity contribution in [3.63, 3.8) is 0 Å². The first kappa shape index (κ1) is 12.0. The lowest BCUT2D eigenvalue weighted by molar-refractivity contribution is -0.144. The fourth-order valence-corrected chi connectivity index (χ4v) is 1.36. The van der Waals surface area contributed by atoms with Gasteiger partial charge in [0.05, 0.1) is 6.61 Å². The third-order valence-electron chi connectivity index (χ3n) is 2.61. The van der Waals surface area contributed by atoms with Gasteiger partial charge < -0.3 is 10.1 Å². The van der Waals surface area contributed by atoms with Crippen molar-refractivity contribution in [3.05, 3.63) is 0 Å². The quantitative estimate of drug-likeness (QED) is 0.531. The number of carbonyl (C=O) groups is 2. The molecule has 1 rings (SSSR count). The molecule has 0 heterocycles. The van der Waals surface area contributed by atoms with Gasteiger partial charge in [-0.15, -0.1) is 0 Å². The molecular formula is C11H19NO3. The molecule has 1 saturated carbocycles. The molecule has 0 unspecified atom stereocenters. The summed E-state index contributed by atoms with van der Waals surface area (Å²) in [5, 5.41) is 2.59. The number of nitrogens with one attached hydrogen (secondary N) is 1. The monoisotopic (exact) mass is 213 g/mol. The van der Waals surface area contributed by atoms with Crippen molar-refractivity contribution < 1.29 is 14.3 Å². The van der Waals surface area contributed by atoms with E-state index in [4.69, 9.17) is 4.74 Å². The maximum Gasteiger partial charge on any atom is 0.325 e. The zero-order valence-corrected chi connectivity index (χ0v) is 9.41. The van der Waals surface area contributed by atoms with Crippen LogP contribution in [0.4, 0.5) is 0 Å². The van der Waals surface area contributed by atoms with Gasteiger partial charge in [0.25, 0.3) is 0 Å². The zero-order chi connectivity index (χ0) is 11.3. The van der Waals surface area contributed by atoms with Gasteiger partial charge in [0, 0.05) is 5.92 Å². The highest BCUT2D eigenvalue weighted by atomic mass is 16.5. The fourth-order valence-electron chi connectivity index (χ4n) is 1.36. The minimum atomic E-state index is -0.342. The van der Waals surface area contributed by atoms with Crippen LogP contribution in [0.5, 0.6) is 0 Å². The molecule has 0 radical (unpaired) electrons. The first-order valence-electron chi connectivity index (χ1n) is 5.58. The smallest absolute Gasteiger partial charge is 0.325 e. The summed E-state index contributed by atoms with van der Waals surface area (Å²) in [6, 6.07) is 0. The Kier molecular flexibility index (Phi) is 4.59. The lowest BCUT2D eigenvalue weighted by Gasteiger charge is -2.05. The molecule has 0 aromatic carbocycles. The van der Waals surface area contributed by atoms with E-state index in [2.05, 4.69) is 5.32 Å². The Bertz CT molecular complexity index is 240. The summed E-state index contributed by atoms with van der Waals surface area (Å²) in [6.07, 6.45) is 2.81. The van der Waals surface area contributed by atoms with Crippen LogP contribution < -0.4 is 5.32 Å². The molecule has 86 valence electrons. The van der Waals surface area contributed by atoms with Crippen molar-refractivity contribution in [1.82, 2.24) is 5.32 Å². The van der Waals surface area contributed by atoms with Gasteiger partial charge in [0.15, 0.2) is 0 Å². The number of esters is 1. The molecule has 0 aromatic heterocycles. The third-order valence-corrected chi connectivity index (χ3v) is 2.61. The second-order valence-corrected chi connectivity index (χ2v) is 4.11. The van der Waals surface area contributed by atoms with Crippen molar-refractivity contribution in [3.8, 4) is 0 Å². The molecule has 15 heavy (non-hydrogen) atoms. The minimum absolute atomic E-state index is 0.00572. The maximum atomic E-state index is 11.3. The van der Waals surface area contributed by atoms with Gasteiger partial charge in [-0.2, -0.15) is 0 Å². The predicted octanol–water partition coefficient (Wildman–Crippen LogP) is 1.10. The predicted molar refractivity (Wildman–Crippen MR) is 56.1 cm³/mol. The van der Waals surface area contributed by atoms with Crippen molar-refractivity contribution in [2.75, 3.05) is 13.2 Å². The number of amides is 1. The average Bonchev–Trinajstić information content (AvgIpc) is 2.92. The molecule has 1 fully saturated rings. The Labute approximate surface area is 90.4 Å². The minimum Gasteiger partial charge on any atom is -0.464 e. The van der Waals surface area contributed by atoms with Gasteiger partial charge in [-0.3, -0.25) is 9.59 Å². The lowest BCUT2D eigenvalue weighted by Crippen LogP contribution is -2.32. The summed E-state index contributed by atoms with van der Waals surface area (Å²) in [4.78, 5) is 22.4. The van der Waals surface area contributed by atoms with Crippen LogP contribution in [-0.2, 0) is 14.3 Å². The number of hydrogen-bond donors (Lipinski definition) is 1. The highest BCUT2D eigenvalue weighted by Crippen LogP contribution is 2.37. The average molecular weight is 213 g/mol. The molecule has 0 bridgehead atoms. The summed E-state index contributed by atoms with van der Waals surface area (Å²) in [6.45, 7) is 4.52. The Morgan fingerprint density at radius 3 is 2.67 bits per heavy atom. The molecule has 0 aliphatic heterocycles. The van der Waals surface area contributed by atoms with E-state index in [1.165, 1.54) is 0 Å². The van der Waals surface area contributed by atoms with E-state index in [0.717, 1.165) is 19.3 Å². The largest absolute Gasteiger partial charge is 0.464 e. The summed E-state index contributed by atoms with van der Waals surface area (Å²) in [5.74, 6) is 0.231. The summed E-state index contributed by atoms with van der Waals surface area (Å²) >= 11 is 0. The van der Waals surface area contributed by atoms with E-state index in [9.17, 15) is 9.59 Å². The van der Waals surface area contributed by atoms with E-state index < -0.39 is 0 Å². The van der Waals surface area contributed by atoms with Gasteiger partial charge in [0.2, 0.25) is 5.91 Å². The second kappa shape index (κ2) is 5.73. The Hall–Kier alpha value is -1.06. The molecule has 0 spiro atoms. The normalized spacial score (nSPS) is 23.3. The van der Waals surface area contributed by atoms with Crippen molar-refractivity contribution >= 4 is 11.9 Å². The highest BCUT2D eigenvalue weighted by molar-refractivity contribution is 5.85. The van der Waals surface area contributed by atoms with Gasteiger partial charge in [0.1, 0.15) is 6.54 Å². The van der Waals surface area contributed by atoms with Crippen LogP contribution in [-0.4, -0.2) is 25.0 Å². The number of unbranched alkanes of at least 4 members (excludes halogenated alkanes) is 1. The molecular weight excluding hydrogens is 194 g/mol. The number of rotatable bonds is 6. The molecule has 1 aliphatic rings. The van der Waals surface area contributed by atoms with Crippen molar-refractivity contribution in [1.29, 1.82) is 0 Å². The van der Waals surface area contributed by atoms with Crippen LogP contribution in [0.25, 0.3) is 0 Å². The van der Waals surface area contributed by atoms with Crippen LogP contribution in [0.1, 0.15) is 33.1 Å². The van der Waals surface area contributed by atoms with E-state index in [0.29, 0.717) is 12.5 Å². The summed E-state index contributed by atoms with van der Waals surface area (Å²) in [5.41, 5.74) is 0. The van der Waals surface area contributed by atoms with Gasteiger partial charge >= 0.3 is 5.97 Å². The van der Waals surface area contributed by atoms with E-state index in [-0.39, 0.29) is 24.3 Å². The maximum absolute atomic E-state index is 11.3. The third kappa shape index (κ3) is 4.32. The highest BCUT2D eigenvalue weighted by Gasteiger charge is 2.38. The SMILES string of the molecule is CCCCOC(=O)CNC(=O)[C@H]1C[C@H]1C. The van der Waals surface area contributed by atoms with E-state index in [1.54, 1.807) is 0 Å². The number of hydrogen-bond acceptors (Lipinski definition) is 3. The van der Waals surface area contributed by atoms with Gasteiger partial charge in [-0.1, -0.05) is 20.3 Å². The summed E-state index contributed by atoms with van der Waals surface area (Å²) in [7, 11) is 0. The Morgan fingerprint density at radius 1 is 1.47 bits per heavy atom. The molecule has 4 nitrogen and oxygen atoms in total. The van der Waals surface area contributed by atoms with Crippen LogP contribution in [0, 0.1) is 11.8 Å². The Balaban J connectivity index is 2.03. The number of ether oxygens (including phenoxy) is 1.